The van der Waals surface area contributed by atoms with E-state index in [-0.39, 0.29) is 16.8 Å². The number of ether oxygens (including phenoxy) is 1. The fourth-order valence-electron chi connectivity index (χ4n) is 4.76. The number of nitrogens with one attached hydrogen (secondary N) is 2. The van der Waals surface area contributed by atoms with Gasteiger partial charge < -0.3 is 20.5 Å². The van der Waals surface area contributed by atoms with Crippen LogP contribution in [0.5, 0.6) is 0 Å². The highest BCUT2D eigenvalue weighted by Crippen LogP contribution is 2.58. The molecule has 5 N–H and O–H groups in total. The lowest BCUT2D eigenvalue weighted by molar-refractivity contribution is -0.196. The molecule has 42 heavy (non-hydrogen) atoms. The molecule has 1 aromatic heterocycles. The molecule has 2 amide bonds. The molecule has 0 radical (unpaired) electrons. The number of nitrogens with two attached hydrogens (primary N) is 1. The Morgan fingerprint density at radius 3 is 2.48 bits per heavy atom. The van der Waals surface area contributed by atoms with Crippen molar-refractivity contribution in [3.05, 3.63) is 77.0 Å². The highest BCUT2D eigenvalue weighted by atomic mass is 19.4. The molecule has 2 heterocycles. The molecule has 3 aromatic rings. The van der Waals surface area contributed by atoms with Crippen molar-refractivity contribution in [2.75, 3.05) is 17.2 Å². The molecule has 5 rings (SSSR count). The van der Waals surface area contributed by atoms with Crippen LogP contribution in [0.4, 0.5) is 30.6 Å². The molecule has 220 valence electrons. The second-order valence-electron chi connectivity index (χ2n) is 10.6. The summed E-state index contributed by atoms with van der Waals surface area (Å²) in [5, 5.41) is 15.9. The van der Waals surface area contributed by atoms with E-state index in [1.165, 1.54) is 0 Å². The molecule has 14 heteroatoms. The van der Waals surface area contributed by atoms with Gasteiger partial charge in [0.1, 0.15) is 22.4 Å². The zero-order chi connectivity index (χ0) is 30.4. The Labute approximate surface area is 237 Å². The number of esters is 1. The number of alkyl halides is 3. The van der Waals surface area contributed by atoms with Gasteiger partial charge in [0.25, 0.3) is 11.8 Å². The Morgan fingerprint density at radius 1 is 1.17 bits per heavy atom. The largest absolute Gasteiger partial charge is 0.451 e. The van der Waals surface area contributed by atoms with Crippen LogP contribution in [0.15, 0.2) is 54.7 Å². The normalized spacial score (nSPS) is 17.1. The summed E-state index contributed by atoms with van der Waals surface area (Å²) >= 11 is 0. The maximum atomic E-state index is 13.6. The molecule has 1 unspecified atom stereocenters. The van der Waals surface area contributed by atoms with E-state index in [1.54, 1.807) is 62.4 Å². The van der Waals surface area contributed by atoms with E-state index < -0.39 is 66.0 Å². The fourth-order valence-corrected chi connectivity index (χ4v) is 4.76. The summed E-state index contributed by atoms with van der Waals surface area (Å²) < 4.78 is 46.1. The van der Waals surface area contributed by atoms with Crippen LogP contribution >= 0.6 is 0 Å². The SMILES string of the molecule is CC1(C)OC(=O)c2ccc(Nc3ncc(C(=O)N(N)C(=O)C4(C(F)(F)F)CC4)c(NC(CO)c4ccccc4)n3)cc21. The van der Waals surface area contributed by atoms with Crippen molar-refractivity contribution in [2.45, 2.75) is 44.5 Å². The standard InChI is InChI=1S/C28H27F3N6O5/c1-26(2)19-12-16(8-9-17(19)23(40)42-26)34-25-33-13-18(21(36-25)35-20(14-38)15-6-4-3-5-7-15)22(39)37(32)24(41)27(10-11-27)28(29,30)31/h3-9,12-13,20,38H,10-11,14,32H2,1-2H3,(H2,33,34,35,36). The first-order chi connectivity index (χ1) is 19.8. The van der Waals surface area contributed by atoms with Crippen LogP contribution in [0.2, 0.25) is 0 Å². The Balaban J connectivity index is 1.49. The van der Waals surface area contributed by atoms with E-state index in [1.807, 2.05) is 0 Å². The molecular weight excluding hydrogens is 557 g/mol. The van der Waals surface area contributed by atoms with Gasteiger partial charge in [0.05, 0.1) is 18.2 Å². The molecule has 11 nitrogen and oxygen atoms in total. The first-order valence-corrected chi connectivity index (χ1v) is 12.9. The summed E-state index contributed by atoms with van der Waals surface area (Å²) in [5.74, 6) is 2.13. The van der Waals surface area contributed by atoms with Crippen LogP contribution in [-0.2, 0) is 15.1 Å². The molecule has 1 atom stereocenters. The number of anilines is 3. The Bertz CT molecular complexity index is 1560. The van der Waals surface area contributed by atoms with E-state index in [0.29, 0.717) is 22.4 Å². The van der Waals surface area contributed by atoms with Crippen molar-refractivity contribution >= 4 is 35.2 Å². The number of carbonyl (C=O) groups is 3. The number of nitrogens with zero attached hydrogens (tertiary/aromatic N) is 3. The van der Waals surface area contributed by atoms with E-state index in [0.717, 1.165) is 6.20 Å². The molecule has 1 aliphatic carbocycles. The number of rotatable bonds is 8. The van der Waals surface area contributed by atoms with E-state index >= 15 is 0 Å². The number of halogens is 3. The zero-order valence-electron chi connectivity index (χ0n) is 22.5. The second kappa shape index (κ2) is 10.4. The number of carbonyl (C=O) groups excluding carboxylic acids is 3. The minimum Gasteiger partial charge on any atom is -0.451 e. The van der Waals surface area contributed by atoms with Gasteiger partial charge in [0, 0.05) is 17.4 Å². The third-order valence-electron chi connectivity index (χ3n) is 7.35. The Morgan fingerprint density at radius 2 is 1.86 bits per heavy atom. The van der Waals surface area contributed by atoms with Crippen LogP contribution in [-0.4, -0.2) is 50.7 Å². The first-order valence-electron chi connectivity index (χ1n) is 12.9. The molecule has 0 bridgehead atoms. The highest BCUT2D eigenvalue weighted by molar-refractivity contribution is 6.08. The number of imide groups is 1. The van der Waals surface area contributed by atoms with Crippen LogP contribution in [0, 0.1) is 5.41 Å². The van der Waals surface area contributed by atoms with Gasteiger partial charge in [-0.25, -0.2) is 20.6 Å². The van der Waals surface area contributed by atoms with E-state index in [2.05, 4.69) is 20.6 Å². The van der Waals surface area contributed by atoms with Crippen molar-refractivity contribution in [2.24, 2.45) is 11.3 Å². The number of aliphatic hydroxyl groups is 1. The number of aliphatic hydroxyl groups excluding tert-OH is 1. The summed E-state index contributed by atoms with van der Waals surface area (Å²) in [7, 11) is 0. The summed E-state index contributed by atoms with van der Waals surface area (Å²) in [6.07, 6.45) is -4.81. The second-order valence-corrected chi connectivity index (χ2v) is 10.6. The topological polar surface area (TPSA) is 160 Å². The number of hydrazine groups is 1. The van der Waals surface area contributed by atoms with Crippen molar-refractivity contribution in [1.29, 1.82) is 0 Å². The maximum Gasteiger partial charge on any atom is 0.403 e. The van der Waals surface area contributed by atoms with E-state index in [9.17, 15) is 32.7 Å². The molecule has 1 fully saturated rings. The predicted octanol–water partition coefficient (Wildman–Crippen LogP) is 3.96. The van der Waals surface area contributed by atoms with Gasteiger partial charge in [-0.3, -0.25) is 9.59 Å². The van der Waals surface area contributed by atoms with Crippen molar-refractivity contribution in [3.63, 3.8) is 0 Å². The van der Waals surface area contributed by atoms with Crippen molar-refractivity contribution < 1.29 is 37.4 Å². The lowest BCUT2D eigenvalue weighted by atomic mass is 9.95. The van der Waals surface area contributed by atoms with Crippen LogP contribution in [0.1, 0.15) is 64.6 Å². The summed E-state index contributed by atoms with van der Waals surface area (Å²) in [4.78, 5) is 46.6. The molecule has 0 spiro atoms. The van der Waals surface area contributed by atoms with Gasteiger partial charge >= 0.3 is 12.1 Å². The maximum absolute atomic E-state index is 13.6. The lowest BCUT2D eigenvalue weighted by Gasteiger charge is -2.25. The number of cyclic esters (lactones) is 1. The minimum absolute atomic E-state index is 0.0364. The number of amides is 2. The molecule has 0 saturated heterocycles. The molecule has 2 aromatic carbocycles. The van der Waals surface area contributed by atoms with Gasteiger partial charge in [-0.05, 0) is 50.5 Å². The fraction of sp³-hybridized carbons (Fsp3) is 0.321. The van der Waals surface area contributed by atoms with Crippen LogP contribution in [0.25, 0.3) is 0 Å². The van der Waals surface area contributed by atoms with Crippen LogP contribution in [0.3, 0.4) is 0 Å². The molecule has 2 aliphatic rings. The van der Waals surface area contributed by atoms with Gasteiger partial charge in [-0.1, -0.05) is 30.3 Å². The van der Waals surface area contributed by atoms with Crippen molar-refractivity contribution in [3.8, 4) is 0 Å². The molecular formula is C28H27F3N6O5. The zero-order valence-corrected chi connectivity index (χ0v) is 22.5. The third-order valence-corrected chi connectivity index (χ3v) is 7.35. The minimum atomic E-state index is -4.87. The van der Waals surface area contributed by atoms with Crippen molar-refractivity contribution in [1.82, 2.24) is 15.0 Å². The monoisotopic (exact) mass is 584 g/mol. The third kappa shape index (κ3) is 5.14. The van der Waals surface area contributed by atoms with Gasteiger partial charge in [-0.15, -0.1) is 0 Å². The van der Waals surface area contributed by atoms with Gasteiger partial charge in [0.15, 0.2) is 0 Å². The van der Waals surface area contributed by atoms with Crippen LogP contribution < -0.4 is 16.5 Å². The Kier molecular flexibility index (Phi) is 7.15. The predicted molar refractivity (Wildman–Crippen MR) is 143 cm³/mol. The number of hydrogen-bond donors (Lipinski definition) is 4. The summed E-state index contributed by atoms with van der Waals surface area (Å²) in [6.45, 7) is 3.03. The number of aromatic nitrogens is 2. The average molecular weight is 585 g/mol. The Hall–Kier alpha value is -4.56. The summed E-state index contributed by atoms with van der Waals surface area (Å²) in [5.41, 5.74) is -1.85. The van der Waals surface area contributed by atoms with E-state index in [4.69, 9.17) is 10.6 Å². The highest BCUT2D eigenvalue weighted by Gasteiger charge is 2.70. The lowest BCUT2D eigenvalue weighted by Crippen LogP contribution is -2.50. The van der Waals surface area contributed by atoms with Gasteiger partial charge in [-0.2, -0.15) is 18.2 Å². The number of benzene rings is 2. The number of fused-ring (bicyclic) bond motifs is 1. The molecule has 1 aliphatic heterocycles. The molecule has 1 saturated carbocycles. The first kappa shape index (κ1) is 29.0. The quantitative estimate of drug-likeness (QED) is 0.100. The number of hydrogen-bond acceptors (Lipinski definition) is 10. The summed E-state index contributed by atoms with van der Waals surface area (Å²) in [6, 6.07) is 12.7. The smallest absolute Gasteiger partial charge is 0.403 e. The average Bonchev–Trinajstić information content (AvgIpc) is 3.74. The van der Waals surface area contributed by atoms with Gasteiger partial charge in [0.2, 0.25) is 5.95 Å².